The highest BCUT2D eigenvalue weighted by molar-refractivity contribution is 7.25. The summed E-state index contributed by atoms with van der Waals surface area (Å²) in [6, 6.07) is 10.6. The van der Waals surface area contributed by atoms with Crippen molar-refractivity contribution in [1.29, 1.82) is 0 Å². The van der Waals surface area contributed by atoms with Gasteiger partial charge in [-0.2, -0.15) is 0 Å². The number of ether oxygens (including phenoxy) is 1. The van der Waals surface area contributed by atoms with Crippen molar-refractivity contribution in [3.8, 4) is 5.75 Å². The Hall–Kier alpha value is -1.66. The molecular weight excluding hydrogens is 324 g/mol. The molecule has 0 aliphatic heterocycles. The van der Waals surface area contributed by atoms with E-state index >= 15 is 0 Å². The molecule has 1 heterocycles. The summed E-state index contributed by atoms with van der Waals surface area (Å²) < 4.78 is 7.02. The Balaban J connectivity index is 2.23. The van der Waals surface area contributed by atoms with Gasteiger partial charge in [0.2, 0.25) is 0 Å². The van der Waals surface area contributed by atoms with Crippen LogP contribution >= 0.6 is 22.9 Å². The lowest BCUT2D eigenvalue weighted by molar-refractivity contribution is 0.0541. The molecule has 0 aliphatic rings. The fourth-order valence-corrected chi connectivity index (χ4v) is 3.66. The predicted octanol–water partition coefficient (Wildman–Crippen LogP) is 2.80. The van der Waals surface area contributed by atoms with Crippen molar-refractivity contribution in [3.05, 3.63) is 51.6 Å². The molecule has 6 heteroatoms. The lowest BCUT2D eigenvalue weighted by Crippen LogP contribution is -2.21. The summed E-state index contributed by atoms with van der Waals surface area (Å²) >= 11 is 7.60. The SMILES string of the molecule is O=c1c2ccccc2sc2c(OCC(O)CO)ccc(Cl)c12. The maximum Gasteiger partial charge on any atom is 0.197 e. The van der Waals surface area contributed by atoms with Gasteiger partial charge in [-0.1, -0.05) is 23.7 Å². The van der Waals surface area contributed by atoms with Gasteiger partial charge in [-0.05, 0) is 24.3 Å². The molecule has 3 aromatic rings. The third-order valence-electron chi connectivity index (χ3n) is 3.28. The predicted molar refractivity (Wildman–Crippen MR) is 89.2 cm³/mol. The van der Waals surface area contributed by atoms with E-state index in [2.05, 4.69) is 0 Å². The second-order valence-corrected chi connectivity index (χ2v) is 6.28. The van der Waals surface area contributed by atoms with Gasteiger partial charge in [-0.25, -0.2) is 0 Å². The summed E-state index contributed by atoms with van der Waals surface area (Å²) in [5.41, 5.74) is -0.137. The third kappa shape index (κ3) is 2.68. The molecule has 0 saturated heterocycles. The molecule has 1 atom stereocenters. The van der Waals surface area contributed by atoms with Gasteiger partial charge in [0.25, 0.3) is 0 Å². The first-order valence-corrected chi connectivity index (χ1v) is 7.87. The highest BCUT2D eigenvalue weighted by Gasteiger charge is 2.14. The van der Waals surface area contributed by atoms with Gasteiger partial charge in [0, 0.05) is 10.1 Å². The van der Waals surface area contributed by atoms with Gasteiger partial charge < -0.3 is 14.9 Å². The Morgan fingerprint density at radius 3 is 2.77 bits per heavy atom. The topological polar surface area (TPSA) is 66.8 Å². The molecule has 114 valence electrons. The minimum absolute atomic E-state index is 0.0546. The zero-order valence-electron chi connectivity index (χ0n) is 11.5. The molecule has 4 nitrogen and oxygen atoms in total. The summed E-state index contributed by atoms with van der Waals surface area (Å²) in [6.45, 7) is -0.439. The first kappa shape index (κ1) is 15.2. The quantitative estimate of drug-likeness (QED) is 0.719. The zero-order chi connectivity index (χ0) is 15.7. The smallest absolute Gasteiger partial charge is 0.197 e. The number of rotatable bonds is 4. The van der Waals surface area contributed by atoms with Crippen LogP contribution in [-0.4, -0.2) is 29.5 Å². The van der Waals surface area contributed by atoms with Crippen LogP contribution in [0.15, 0.2) is 41.2 Å². The van der Waals surface area contributed by atoms with E-state index in [0.29, 0.717) is 26.2 Å². The molecule has 0 aliphatic carbocycles. The normalized spacial score (nSPS) is 12.7. The van der Waals surface area contributed by atoms with Gasteiger partial charge in [-0.3, -0.25) is 4.79 Å². The van der Waals surface area contributed by atoms with Crippen LogP contribution in [0.5, 0.6) is 5.75 Å². The maximum atomic E-state index is 12.6. The van der Waals surface area contributed by atoms with Gasteiger partial charge in [0.15, 0.2) is 5.43 Å². The van der Waals surface area contributed by atoms with E-state index in [1.54, 1.807) is 18.2 Å². The number of fused-ring (bicyclic) bond motifs is 2. The van der Waals surface area contributed by atoms with E-state index in [1.165, 1.54) is 11.3 Å². The second kappa shape index (κ2) is 6.22. The van der Waals surface area contributed by atoms with Crippen molar-refractivity contribution in [1.82, 2.24) is 0 Å². The molecule has 0 radical (unpaired) electrons. The van der Waals surface area contributed by atoms with E-state index in [0.717, 1.165) is 4.70 Å². The van der Waals surface area contributed by atoms with Crippen molar-refractivity contribution < 1.29 is 14.9 Å². The molecule has 0 amide bonds. The molecule has 0 spiro atoms. The molecule has 0 bridgehead atoms. The molecule has 0 saturated carbocycles. The first-order valence-electron chi connectivity index (χ1n) is 6.67. The number of hydrogen-bond donors (Lipinski definition) is 2. The molecule has 1 aromatic heterocycles. The minimum atomic E-state index is -0.970. The molecule has 22 heavy (non-hydrogen) atoms. The van der Waals surface area contributed by atoms with Crippen LogP contribution in [0.3, 0.4) is 0 Å². The van der Waals surface area contributed by atoms with Crippen molar-refractivity contribution in [2.45, 2.75) is 6.10 Å². The Kier molecular flexibility index (Phi) is 4.31. The third-order valence-corrected chi connectivity index (χ3v) is 4.78. The van der Waals surface area contributed by atoms with Crippen molar-refractivity contribution in [2.75, 3.05) is 13.2 Å². The average molecular weight is 337 g/mol. The van der Waals surface area contributed by atoms with Crippen LogP contribution in [0.25, 0.3) is 20.2 Å². The Bertz CT molecular complexity index is 890. The van der Waals surface area contributed by atoms with Crippen LogP contribution in [0.2, 0.25) is 5.02 Å². The minimum Gasteiger partial charge on any atom is -0.489 e. The highest BCUT2D eigenvalue weighted by atomic mass is 35.5. The van der Waals surface area contributed by atoms with E-state index in [9.17, 15) is 9.90 Å². The molecule has 2 aromatic carbocycles. The number of hydrogen-bond acceptors (Lipinski definition) is 5. The van der Waals surface area contributed by atoms with Crippen molar-refractivity contribution >= 4 is 43.1 Å². The van der Waals surface area contributed by atoms with E-state index < -0.39 is 6.10 Å². The Morgan fingerprint density at radius 2 is 2.00 bits per heavy atom. The van der Waals surface area contributed by atoms with Crippen LogP contribution in [0, 0.1) is 0 Å². The molecule has 2 N–H and O–H groups in total. The standard InChI is InChI=1S/C16H13ClO4S/c17-11-5-6-12(21-8-9(19)7-18)16-14(11)15(20)10-3-1-2-4-13(10)22-16/h1-6,9,18-19H,7-8H2. The fraction of sp³-hybridized carbons (Fsp3) is 0.188. The van der Waals surface area contributed by atoms with Crippen molar-refractivity contribution in [3.63, 3.8) is 0 Å². The lowest BCUT2D eigenvalue weighted by atomic mass is 10.2. The van der Waals surface area contributed by atoms with Gasteiger partial charge >= 0.3 is 0 Å². The van der Waals surface area contributed by atoms with Crippen LogP contribution < -0.4 is 10.2 Å². The first-order chi connectivity index (χ1) is 10.6. The van der Waals surface area contributed by atoms with Crippen LogP contribution in [0.1, 0.15) is 0 Å². The van der Waals surface area contributed by atoms with E-state index in [4.69, 9.17) is 21.4 Å². The summed E-state index contributed by atoms with van der Waals surface area (Å²) in [5.74, 6) is 0.472. The largest absolute Gasteiger partial charge is 0.489 e. The number of aliphatic hydroxyl groups is 2. The van der Waals surface area contributed by atoms with Gasteiger partial charge in [0.05, 0.1) is 21.7 Å². The molecular formula is C16H13ClO4S. The average Bonchev–Trinajstić information content (AvgIpc) is 2.54. The molecule has 0 fully saturated rings. The summed E-state index contributed by atoms with van der Waals surface area (Å²) in [4.78, 5) is 12.6. The van der Waals surface area contributed by atoms with Crippen molar-refractivity contribution in [2.24, 2.45) is 0 Å². The zero-order valence-corrected chi connectivity index (χ0v) is 13.0. The Morgan fingerprint density at radius 1 is 1.23 bits per heavy atom. The van der Waals surface area contributed by atoms with Gasteiger partial charge in [0.1, 0.15) is 18.5 Å². The highest BCUT2D eigenvalue weighted by Crippen LogP contribution is 2.35. The molecule has 3 rings (SSSR count). The maximum absolute atomic E-state index is 12.6. The van der Waals surface area contributed by atoms with E-state index in [1.807, 2.05) is 18.2 Å². The lowest BCUT2D eigenvalue weighted by Gasteiger charge is -2.12. The second-order valence-electron chi connectivity index (χ2n) is 4.82. The number of halogens is 1. The van der Waals surface area contributed by atoms with Crippen LogP contribution in [0.4, 0.5) is 0 Å². The number of aliphatic hydroxyl groups excluding tert-OH is 2. The summed E-state index contributed by atoms with van der Waals surface area (Å²) in [5, 5.41) is 19.7. The molecule has 1 unspecified atom stereocenters. The summed E-state index contributed by atoms with van der Waals surface area (Å²) in [7, 11) is 0. The monoisotopic (exact) mass is 336 g/mol. The summed E-state index contributed by atoms with van der Waals surface area (Å²) in [6.07, 6.45) is -0.970. The fourth-order valence-electron chi connectivity index (χ4n) is 2.19. The Labute approximate surface area is 135 Å². The number of benzene rings is 2. The van der Waals surface area contributed by atoms with Crippen LogP contribution in [-0.2, 0) is 0 Å². The van der Waals surface area contributed by atoms with Gasteiger partial charge in [-0.15, -0.1) is 11.3 Å². The van der Waals surface area contributed by atoms with E-state index in [-0.39, 0.29) is 18.6 Å².